The van der Waals surface area contributed by atoms with Crippen LogP contribution in [0.25, 0.3) is 0 Å². The van der Waals surface area contributed by atoms with Crippen molar-refractivity contribution in [3.63, 3.8) is 0 Å². The zero-order valence-electron chi connectivity index (χ0n) is 11.9. The van der Waals surface area contributed by atoms with E-state index in [1.807, 2.05) is 31.2 Å². The summed E-state index contributed by atoms with van der Waals surface area (Å²) in [5.41, 5.74) is 2.02. The van der Waals surface area contributed by atoms with Crippen LogP contribution in [0.1, 0.15) is 21.0 Å². The summed E-state index contributed by atoms with van der Waals surface area (Å²) >= 11 is 1.58. The Morgan fingerprint density at radius 3 is 2.57 bits per heavy atom. The second-order valence-corrected chi connectivity index (χ2v) is 6.00. The van der Waals surface area contributed by atoms with Gasteiger partial charge in [0.15, 0.2) is 0 Å². The Kier molecular flexibility index (Phi) is 5.71. The predicted octanol–water partition coefficient (Wildman–Crippen LogP) is 1.99. The highest BCUT2D eigenvalue weighted by Crippen LogP contribution is 2.10. The first-order valence-corrected chi connectivity index (χ1v) is 7.60. The fraction of sp³-hybridized carbons (Fsp3) is 0.333. The van der Waals surface area contributed by atoms with Gasteiger partial charge in [-0.2, -0.15) is 0 Å². The molecule has 1 aromatic heterocycles. The van der Waals surface area contributed by atoms with Gasteiger partial charge in [0.05, 0.1) is 18.2 Å². The number of hydrogen-bond acceptors (Lipinski definition) is 4. The summed E-state index contributed by atoms with van der Waals surface area (Å²) in [4.78, 5) is 16.8. The summed E-state index contributed by atoms with van der Waals surface area (Å²) in [6.07, 6.45) is 2.54. The Balaban J connectivity index is 1.66. The van der Waals surface area contributed by atoms with Crippen LogP contribution in [0.5, 0.6) is 0 Å². The number of rotatable bonds is 6. The van der Waals surface area contributed by atoms with Crippen molar-refractivity contribution in [1.82, 2.24) is 15.6 Å². The van der Waals surface area contributed by atoms with Crippen LogP contribution in [0.2, 0.25) is 0 Å². The predicted molar refractivity (Wildman–Crippen MR) is 83.2 cm³/mol. The van der Waals surface area contributed by atoms with Crippen molar-refractivity contribution in [2.45, 2.75) is 26.5 Å². The topological polar surface area (TPSA) is 74.2 Å². The molecule has 3 N–H and O–H groups in total. The number of aryl methyl sites for hydroxylation is 1. The molecule has 112 valence electrons. The van der Waals surface area contributed by atoms with Crippen LogP contribution in [0.4, 0.5) is 4.79 Å². The molecule has 0 aliphatic rings. The molecule has 2 aromatic rings. The molecule has 0 fully saturated rings. The lowest BCUT2D eigenvalue weighted by molar-refractivity contribution is 0.240. The van der Waals surface area contributed by atoms with Crippen LogP contribution in [-0.4, -0.2) is 22.7 Å². The molecule has 2 amide bonds. The van der Waals surface area contributed by atoms with Crippen LogP contribution >= 0.6 is 11.3 Å². The SMILES string of the molecule is Cc1ncc(CNC(=O)NCCc2ccc(CO)cc2)s1. The molecule has 0 saturated carbocycles. The average Bonchev–Trinajstić information content (AvgIpc) is 2.91. The van der Waals surface area contributed by atoms with Crippen LogP contribution < -0.4 is 10.6 Å². The monoisotopic (exact) mass is 305 g/mol. The molecule has 5 nitrogen and oxygen atoms in total. The van der Waals surface area contributed by atoms with Gasteiger partial charge in [0, 0.05) is 17.6 Å². The summed E-state index contributed by atoms with van der Waals surface area (Å²) in [7, 11) is 0. The normalized spacial score (nSPS) is 10.4. The molecule has 0 radical (unpaired) electrons. The summed E-state index contributed by atoms with van der Waals surface area (Å²) in [6, 6.07) is 7.53. The van der Waals surface area contributed by atoms with Crippen molar-refractivity contribution >= 4 is 17.4 Å². The molecule has 0 unspecified atom stereocenters. The second-order valence-electron chi connectivity index (χ2n) is 4.68. The van der Waals surface area contributed by atoms with Crippen molar-refractivity contribution in [3.8, 4) is 0 Å². The van der Waals surface area contributed by atoms with Gasteiger partial charge in [-0.1, -0.05) is 24.3 Å². The highest BCUT2D eigenvalue weighted by atomic mass is 32.1. The van der Waals surface area contributed by atoms with E-state index < -0.39 is 0 Å². The number of aliphatic hydroxyl groups excluding tert-OH is 1. The molecule has 1 heterocycles. The maximum Gasteiger partial charge on any atom is 0.315 e. The van der Waals surface area contributed by atoms with Crippen molar-refractivity contribution in [3.05, 3.63) is 51.5 Å². The Hall–Kier alpha value is -1.92. The van der Waals surface area contributed by atoms with Gasteiger partial charge in [-0.15, -0.1) is 11.3 Å². The lowest BCUT2D eigenvalue weighted by atomic mass is 10.1. The van der Waals surface area contributed by atoms with Gasteiger partial charge in [0.1, 0.15) is 0 Å². The maximum atomic E-state index is 11.6. The highest BCUT2D eigenvalue weighted by molar-refractivity contribution is 7.11. The molecule has 6 heteroatoms. The number of carbonyl (C=O) groups is 1. The quantitative estimate of drug-likeness (QED) is 0.764. The summed E-state index contributed by atoms with van der Waals surface area (Å²) in [5.74, 6) is 0. The number of aromatic nitrogens is 1. The summed E-state index contributed by atoms with van der Waals surface area (Å²) in [6.45, 7) is 3.07. The molecule has 0 aliphatic carbocycles. The first kappa shape index (κ1) is 15.5. The number of carbonyl (C=O) groups excluding carboxylic acids is 1. The zero-order chi connectivity index (χ0) is 15.1. The van der Waals surface area contributed by atoms with Crippen molar-refractivity contribution in [1.29, 1.82) is 0 Å². The number of urea groups is 1. The average molecular weight is 305 g/mol. The molecule has 0 saturated heterocycles. The lowest BCUT2D eigenvalue weighted by Gasteiger charge is -2.07. The first-order valence-electron chi connectivity index (χ1n) is 6.79. The van der Waals surface area contributed by atoms with E-state index in [0.29, 0.717) is 13.1 Å². The molecular formula is C15H19N3O2S. The van der Waals surface area contributed by atoms with E-state index in [9.17, 15) is 4.79 Å². The molecule has 0 aliphatic heterocycles. The Morgan fingerprint density at radius 1 is 1.24 bits per heavy atom. The Morgan fingerprint density at radius 2 is 1.95 bits per heavy atom. The molecule has 0 spiro atoms. The minimum Gasteiger partial charge on any atom is -0.392 e. The van der Waals surface area contributed by atoms with Gasteiger partial charge >= 0.3 is 6.03 Å². The van der Waals surface area contributed by atoms with Gasteiger partial charge in [-0.3, -0.25) is 0 Å². The van der Waals surface area contributed by atoms with Gasteiger partial charge in [-0.25, -0.2) is 9.78 Å². The molecule has 21 heavy (non-hydrogen) atoms. The molecular weight excluding hydrogens is 286 g/mol. The van der Waals surface area contributed by atoms with E-state index in [-0.39, 0.29) is 12.6 Å². The van der Waals surface area contributed by atoms with Crippen LogP contribution in [0, 0.1) is 6.92 Å². The van der Waals surface area contributed by atoms with E-state index in [2.05, 4.69) is 15.6 Å². The van der Waals surface area contributed by atoms with E-state index in [4.69, 9.17) is 5.11 Å². The lowest BCUT2D eigenvalue weighted by Crippen LogP contribution is -2.36. The number of nitrogens with zero attached hydrogens (tertiary/aromatic N) is 1. The third kappa shape index (κ3) is 5.17. The van der Waals surface area contributed by atoms with Crippen molar-refractivity contribution in [2.24, 2.45) is 0 Å². The standard InChI is InChI=1S/C15H19N3O2S/c1-11-17-8-14(21-11)9-18-15(20)16-7-6-12-2-4-13(10-19)5-3-12/h2-5,8,19H,6-7,9-10H2,1H3,(H2,16,18,20). The molecule has 0 atom stereocenters. The van der Waals surface area contributed by atoms with Crippen molar-refractivity contribution in [2.75, 3.05) is 6.54 Å². The summed E-state index contributed by atoms with van der Waals surface area (Å²) in [5, 5.41) is 15.6. The largest absolute Gasteiger partial charge is 0.392 e. The van der Waals surface area contributed by atoms with Gasteiger partial charge < -0.3 is 15.7 Å². The molecule has 0 bridgehead atoms. The fourth-order valence-electron chi connectivity index (χ4n) is 1.85. The zero-order valence-corrected chi connectivity index (χ0v) is 12.7. The number of amides is 2. The molecule has 2 rings (SSSR count). The van der Waals surface area contributed by atoms with E-state index >= 15 is 0 Å². The fourth-order valence-corrected chi connectivity index (χ4v) is 2.58. The molecule has 1 aromatic carbocycles. The van der Waals surface area contributed by atoms with E-state index in [0.717, 1.165) is 27.4 Å². The minimum atomic E-state index is -0.173. The number of nitrogens with one attached hydrogen (secondary N) is 2. The van der Waals surface area contributed by atoms with E-state index in [1.165, 1.54) is 0 Å². The van der Waals surface area contributed by atoms with Crippen LogP contribution in [-0.2, 0) is 19.6 Å². The number of benzene rings is 1. The van der Waals surface area contributed by atoms with Crippen LogP contribution in [0.3, 0.4) is 0 Å². The maximum absolute atomic E-state index is 11.6. The van der Waals surface area contributed by atoms with Crippen molar-refractivity contribution < 1.29 is 9.90 Å². The first-order chi connectivity index (χ1) is 10.2. The summed E-state index contributed by atoms with van der Waals surface area (Å²) < 4.78 is 0. The van der Waals surface area contributed by atoms with Gasteiger partial charge in [0.2, 0.25) is 0 Å². The third-order valence-corrected chi connectivity index (χ3v) is 3.91. The number of aliphatic hydroxyl groups is 1. The second kappa shape index (κ2) is 7.75. The smallest absolute Gasteiger partial charge is 0.315 e. The number of thiazole rings is 1. The highest BCUT2D eigenvalue weighted by Gasteiger charge is 2.02. The van der Waals surface area contributed by atoms with E-state index in [1.54, 1.807) is 17.5 Å². The minimum absolute atomic E-state index is 0.0536. The van der Waals surface area contributed by atoms with Gasteiger partial charge in [-0.05, 0) is 24.5 Å². The van der Waals surface area contributed by atoms with Gasteiger partial charge in [0.25, 0.3) is 0 Å². The third-order valence-electron chi connectivity index (χ3n) is 3.00. The van der Waals surface area contributed by atoms with Crippen LogP contribution in [0.15, 0.2) is 30.5 Å². The Labute approximate surface area is 128 Å². The number of hydrogen-bond donors (Lipinski definition) is 3. The Bertz CT molecular complexity index is 581.